The van der Waals surface area contributed by atoms with Crippen molar-refractivity contribution in [2.75, 3.05) is 6.54 Å². The van der Waals surface area contributed by atoms with E-state index >= 15 is 0 Å². The van der Waals surface area contributed by atoms with Gasteiger partial charge in [0.2, 0.25) is 0 Å². The third kappa shape index (κ3) is 3.28. The van der Waals surface area contributed by atoms with Crippen molar-refractivity contribution < 1.29 is 0 Å². The van der Waals surface area contributed by atoms with Gasteiger partial charge >= 0.3 is 0 Å². The predicted octanol–water partition coefficient (Wildman–Crippen LogP) is 2.89. The first kappa shape index (κ1) is 12.7. The molecule has 0 aliphatic carbocycles. The average Bonchev–Trinajstić information content (AvgIpc) is 2.49. The SMILES string of the molecule is CCCc1nc(C(C)(C)C)c(CCN)s1. The van der Waals surface area contributed by atoms with Crippen molar-refractivity contribution in [3.05, 3.63) is 15.6 Å². The minimum absolute atomic E-state index is 0.146. The third-order valence-electron chi connectivity index (χ3n) is 2.29. The fourth-order valence-electron chi connectivity index (χ4n) is 1.61. The lowest BCUT2D eigenvalue weighted by Crippen LogP contribution is -2.15. The van der Waals surface area contributed by atoms with Crippen molar-refractivity contribution in [3.8, 4) is 0 Å². The van der Waals surface area contributed by atoms with Crippen LogP contribution in [0.25, 0.3) is 0 Å². The van der Waals surface area contributed by atoms with E-state index in [1.165, 1.54) is 22.0 Å². The van der Waals surface area contributed by atoms with Crippen LogP contribution < -0.4 is 5.73 Å². The second-order valence-electron chi connectivity index (χ2n) is 4.92. The summed E-state index contributed by atoms with van der Waals surface area (Å²) in [4.78, 5) is 6.14. The number of aryl methyl sites for hydroxylation is 1. The molecule has 0 aliphatic rings. The Morgan fingerprint density at radius 1 is 1.27 bits per heavy atom. The van der Waals surface area contributed by atoms with Gasteiger partial charge in [0, 0.05) is 10.3 Å². The zero-order valence-electron chi connectivity index (χ0n) is 10.3. The van der Waals surface area contributed by atoms with Crippen LogP contribution in [0.3, 0.4) is 0 Å². The maximum atomic E-state index is 5.63. The maximum absolute atomic E-state index is 5.63. The van der Waals surface area contributed by atoms with Crippen LogP contribution in [0.15, 0.2) is 0 Å². The van der Waals surface area contributed by atoms with Crippen LogP contribution in [0, 0.1) is 0 Å². The molecule has 0 unspecified atom stereocenters. The molecule has 0 radical (unpaired) electrons. The number of hydrogen-bond donors (Lipinski definition) is 1. The molecule has 2 nitrogen and oxygen atoms in total. The van der Waals surface area contributed by atoms with Gasteiger partial charge in [0.1, 0.15) is 0 Å². The molecule has 0 saturated heterocycles. The Kier molecular flexibility index (Phi) is 4.29. The lowest BCUT2D eigenvalue weighted by atomic mass is 9.91. The molecule has 0 bridgehead atoms. The highest BCUT2D eigenvalue weighted by molar-refractivity contribution is 7.11. The van der Waals surface area contributed by atoms with E-state index in [1.807, 2.05) is 11.3 Å². The van der Waals surface area contributed by atoms with E-state index in [0.29, 0.717) is 0 Å². The number of thiazole rings is 1. The van der Waals surface area contributed by atoms with Crippen LogP contribution in [0.4, 0.5) is 0 Å². The zero-order chi connectivity index (χ0) is 11.5. The topological polar surface area (TPSA) is 38.9 Å². The molecular weight excluding hydrogens is 204 g/mol. The van der Waals surface area contributed by atoms with Gasteiger partial charge in [-0.1, -0.05) is 27.7 Å². The largest absolute Gasteiger partial charge is 0.330 e. The van der Waals surface area contributed by atoms with Crippen LogP contribution >= 0.6 is 11.3 Å². The predicted molar refractivity (Wildman–Crippen MR) is 67.6 cm³/mol. The van der Waals surface area contributed by atoms with Crippen molar-refractivity contribution >= 4 is 11.3 Å². The first-order chi connectivity index (χ1) is 6.99. The maximum Gasteiger partial charge on any atom is 0.0931 e. The molecule has 0 amide bonds. The van der Waals surface area contributed by atoms with Crippen LogP contribution in [-0.2, 0) is 18.3 Å². The number of aromatic nitrogens is 1. The van der Waals surface area contributed by atoms with Crippen molar-refractivity contribution in [2.24, 2.45) is 5.73 Å². The van der Waals surface area contributed by atoms with E-state index in [4.69, 9.17) is 10.7 Å². The summed E-state index contributed by atoms with van der Waals surface area (Å²) < 4.78 is 0. The van der Waals surface area contributed by atoms with Crippen molar-refractivity contribution in [1.82, 2.24) is 4.98 Å². The Balaban J connectivity index is 3.00. The fourth-order valence-corrected chi connectivity index (χ4v) is 3.00. The minimum Gasteiger partial charge on any atom is -0.330 e. The molecule has 1 aromatic heterocycles. The van der Waals surface area contributed by atoms with Gasteiger partial charge in [-0.3, -0.25) is 0 Å². The highest BCUT2D eigenvalue weighted by atomic mass is 32.1. The molecule has 3 heteroatoms. The normalized spacial score (nSPS) is 12.1. The molecule has 15 heavy (non-hydrogen) atoms. The summed E-state index contributed by atoms with van der Waals surface area (Å²) >= 11 is 1.84. The van der Waals surface area contributed by atoms with Gasteiger partial charge in [0.15, 0.2) is 0 Å². The zero-order valence-corrected chi connectivity index (χ0v) is 11.1. The lowest BCUT2D eigenvalue weighted by molar-refractivity contribution is 0.563. The Bertz CT molecular complexity index is 310. The summed E-state index contributed by atoms with van der Waals surface area (Å²) in [5.74, 6) is 0. The molecule has 0 aromatic carbocycles. The Labute approximate surface area is 96.9 Å². The monoisotopic (exact) mass is 226 g/mol. The van der Waals surface area contributed by atoms with Crippen LogP contribution in [0.5, 0.6) is 0 Å². The molecule has 2 N–H and O–H groups in total. The molecule has 86 valence electrons. The summed E-state index contributed by atoms with van der Waals surface area (Å²) in [5.41, 5.74) is 7.03. The van der Waals surface area contributed by atoms with E-state index in [-0.39, 0.29) is 5.41 Å². The van der Waals surface area contributed by atoms with Crippen LogP contribution in [0.2, 0.25) is 0 Å². The number of hydrogen-bond acceptors (Lipinski definition) is 3. The standard InChI is InChI=1S/C12H22N2S/c1-5-6-10-14-11(12(2,3)4)9(15-10)7-8-13/h5-8,13H2,1-4H3. The van der Waals surface area contributed by atoms with Crippen molar-refractivity contribution in [1.29, 1.82) is 0 Å². The van der Waals surface area contributed by atoms with Gasteiger partial charge in [-0.2, -0.15) is 0 Å². The average molecular weight is 226 g/mol. The summed E-state index contributed by atoms with van der Waals surface area (Å²) in [6, 6.07) is 0. The number of nitrogens with two attached hydrogens (primary N) is 1. The molecule has 0 fully saturated rings. The van der Waals surface area contributed by atoms with Crippen LogP contribution in [0.1, 0.15) is 49.7 Å². The van der Waals surface area contributed by atoms with Gasteiger partial charge in [-0.25, -0.2) is 4.98 Å². The van der Waals surface area contributed by atoms with Gasteiger partial charge in [-0.05, 0) is 25.8 Å². The Hall–Kier alpha value is -0.410. The lowest BCUT2D eigenvalue weighted by Gasteiger charge is -2.17. The molecule has 0 aliphatic heterocycles. The third-order valence-corrected chi connectivity index (χ3v) is 3.46. The molecule has 1 aromatic rings. The van der Waals surface area contributed by atoms with Gasteiger partial charge in [0.05, 0.1) is 10.7 Å². The van der Waals surface area contributed by atoms with Crippen molar-refractivity contribution in [3.63, 3.8) is 0 Å². The van der Waals surface area contributed by atoms with E-state index in [1.54, 1.807) is 0 Å². The number of rotatable bonds is 4. The minimum atomic E-state index is 0.146. The van der Waals surface area contributed by atoms with Gasteiger partial charge in [-0.15, -0.1) is 11.3 Å². The van der Waals surface area contributed by atoms with E-state index in [9.17, 15) is 0 Å². The summed E-state index contributed by atoms with van der Waals surface area (Å²) in [6.45, 7) is 9.57. The smallest absolute Gasteiger partial charge is 0.0931 e. The second kappa shape index (κ2) is 5.08. The fraction of sp³-hybridized carbons (Fsp3) is 0.750. The molecule has 0 saturated carbocycles. The highest BCUT2D eigenvalue weighted by Gasteiger charge is 2.22. The van der Waals surface area contributed by atoms with Gasteiger partial charge in [0.25, 0.3) is 0 Å². The van der Waals surface area contributed by atoms with E-state index in [0.717, 1.165) is 19.4 Å². The van der Waals surface area contributed by atoms with E-state index in [2.05, 4.69) is 27.7 Å². The van der Waals surface area contributed by atoms with Crippen LogP contribution in [-0.4, -0.2) is 11.5 Å². The summed E-state index contributed by atoms with van der Waals surface area (Å²) in [6.07, 6.45) is 3.23. The molecule has 1 heterocycles. The Morgan fingerprint density at radius 3 is 2.40 bits per heavy atom. The molecule has 0 atom stereocenters. The molecular formula is C12H22N2S. The quantitative estimate of drug-likeness (QED) is 0.857. The first-order valence-corrected chi connectivity index (χ1v) is 6.49. The number of nitrogens with zero attached hydrogens (tertiary/aromatic N) is 1. The summed E-state index contributed by atoms with van der Waals surface area (Å²) in [7, 11) is 0. The van der Waals surface area contributed by atoms with Crippen molar-refractivity contribution in [2.45, 2.75) is 52.4 Å². The first-order valence-electron chi connectivity index (χ1n) is 5.68. The van der Waals surface area contributed by atoms with E-state index < -0.39 is 0 Å². The second-order valence-corrected chi connectivity index (χ2v) is 6.09. The highest BCUT2D eigenvalue weighted by Crippen LogP contribution is 2.30. The molecule has 0 spiro atoms. The molecule has 1 rings (SSSR count). The summed E-state index contributed by atoms with van der Waals surface area (Å²) in [5, 5.41) is 1.27. The Morgan fingerprint density at radius 2 is 1.93 bits per heavy atom. The van der Waals surface area contributed by atoms with Gasteiger partial charge < -0.3 is 5.73 Å².